The van der Waals surface area contributed by atoms with E-state index in [1.54, 1.807) is 12.1 Å². The van der Waals surface area contributed by atoms with Crippen LogP contribution in [0.15, 0.2) is 66.7 Å². The van der Waals surface area contributed by atoms with Crippen LogP contribution in [0.2, 0.25) is 20.1 Å². The lowest BCUT2D eigenvalue weighted by Crippen LogP contribution is -2.31. The van der Waals surface area contributed by atoms with E-state index in [2.05, 4.69) is 74.7 Å². The monoisotopic (exact) mass is 744 g/mol. The highest BCUT2D eigenvalue weighted by molar-refractivity contribution is 6.42. The molecule has 260 valence electrons. The number of halogens is 4. The molecule has 4 N–H and O–H groups in total. The van der Waals surface area contributed by atoms with Crippen molar-refractivity contribution in [2.24, 2.45) is 0 Å². The molecule has 0 spiro atoms. The van der Waals surface area contributed by atoms with Crippen LogP contribution >= 0.6 is 46.4 Å². The third-order valence-corrected chi connectivity index (χ3v) is 9.66. The molecule has 49 heavy (non-hydrogen) atoms. The second-order valence-electron chi connectivity index (χ2n) is 11.9. The first-order chi connectivity index (χ1) is 23.1. The van der Waals surface area contributed by atoms with Crippen LogP contribution in [0.1, 0.15) is 56.1 Å². The van der Waals surface area contributed by atoms with Crippen molar-refractivity contribution in [1.82, 2.24) is 10.6 Å². The number of carboxylic acid groups (broad SMARTS) is 2. The fraction of sp³-hybridized carbons (Fsp3) is 0.289. The molecule has 1 unspecified atom stereocenters. The zero-order valence-electron chi connectivity index (χ0n) is 27.8. The number of fused-ring (bicyclic) bond motifs is 1. The van der Waals surface area contributed by atoms with E-state index in [1.165, 1.54) is 44.5 Å². The maximum absolute atomic E-state index is 11.9. The third kappa shape index (κ3) is 12.7. The molecule has 0 bridgehead atoms. The van der Waals surface area contributed by atoms with Crippen LogP contribution in [0.3, 0.4) is 0 Å². The molecule has 11 heteroatoms. The Kier molecular flexibility index (Phi) is 15.4. The fourth-order valence-electron chi connectivity index (χ4n) is 5.22. The van der Waals surface area contributed by atoms with E-state index in [4.69, 9.17) is 66.2 Å². The van der Waals surface area contributed by atoms with Crippen molar-refractivity contribution in [2.45, 2.75) is 59.4 Å². The van der Waals surface area contributed by atoms with Gasteiger partial charge in [0, 0.05) is 12.6 Å². The molecule has 1 amide bonds. The van der Waals surface area contributed by atoms with E-state index in [0.29, 0.717) is 39.1 Å². The Balaban J connectivity index is 0.000000228. The first-order valence-corrected chi connectivity index (χ1v) is 17.2. The van der Waals surface area contributed by atoms with E-state index in [-0.39, 0.29) is 5.91 Å². The molecule has 1 aliphatic heterocycles. The smallest absolute Gasteiger partial charge is 0.414 e. The summed E-state index contributed by atoms with van der Waals surface area (Å²) < 4.78 is 0. The summed E-state index contributed by atoms with van der Waals surface area (Å²) in [6.45, 7) is 10.2. The van der Waals surface area contributed by atoms with E-state index in [0.717, 1.165) is 31.4 Å². The maximum atomic E-state index is 11.9. The van der Waals surface area contributed by atoms with Gasteiger partial charge >= 0.3 is 11.9 Å². The number of hydrogen-bond donors (Lipinski definition) is 4. The van der Waals surface area contributed by atoms with Crippen LogP contribution in [-0.2, 0) is 40.1 Å². The van der Waals surface area contributed by atoms with Gasteiger partial charge in [-0.15, -0.1) is 0 Å². The number of aryl methyl sites for hydroxylation is 4. The number of carbonyl (C=O) groups is 3. The predicted molar refractivity (Wildman–Crippen MR) is 199 cm³/mol. The average Bonchev–Trinajstić information content (AvgIpc) is 3.04. The van der Waals surface area contributed by atoms with Crippen LogP contribution in [0.5, 0.6) is 0 Å². The molecule has 1 atom stereocenters. The van der Waals surface area contributed by atoms with Gasteiger partial charge in [0.1, 0.15) is 0 Å². The van der Waals surface area contributed by atoms with Gasteiger partial charge in [0.2, 0.25) is 5.91 Å². The number of aliphatic carboxylic acids is 2. The average molecular weight is 747 g/mol. The minimum atomic E-state index is -1.82. The number of carboxylic acids is 2. The highest BCUT2D eigenvalue weighted by Gasteiger charge is 2.21. The molecule has 1 heterocycles. The van der Waals surface area contributed by atoms with Crippen molar-refractivity contribution < 1.29 is 24.6 Å². The quantitative estimate of drug-likeness (QED) is 0.141. The SMILES string of the molecule is Cc1cc2c(cc1C)C(Cc1ccc(Cl)c(Cl)c1)NCC2.Cc1ccc(CCNC(=O)Cc2ccc(Cl)c(Cl)c2)cc1C.O=C(O)C(=O)O. The molecule has 0 radical (unpaired) electrons. The first kappa shape index (κ1) is 39.8. The number of benzene rings is 4. The summed E-state index contributed by atoms with van der Waals surface area (Å²) in [6, 6.07) is 22.6. The molecule has 7 nitrogen and oxygen atoms in total. The van der Waals surface area contributed by atoms with Crippen molar-refractivity contribution in [3.05, 3.63) is 137 Å². The van der Waals surface area contributed by atoms with E-state index in [9.17, 15) is 4.79 Å². The van der Waals surface area contributed by atoms with E-state index >= 15 is 0 Å². The molecule has 0 fully saturated rings. The highest BCUT2D eigenvalue weighted by atomic mass is 35.5. The van der Waals surface area contributed by atoms with E-state index < -0.39 is 11.9 Å². The number of amides is 1. The predicted octanol–water partition coefficient (Wildman–Crippen LogP) is 8.71. The van der Waals surface area contributed by atoms with Gasteiger partial charge in [0.05, 0.1) is 26.5 Å². The van der Waals surface area contributed by atoms with Gasteiger partial charge in [0.15, 0.2) is 0 Å². The van der Waals surface area contributed by atoms with Crippen molar-refractivity contribution in [2.75, 3.05) is 13.1 Å². The Labute approximate surface area is 307 Å². The van der Waals surface area contributed by atoms with Crippen molar-refractivity contribution in [3.8, 4) is 0 Å². The number of hydrogen-bond acceptors (Lipinski definition) is 4. The fourth-order valence-corrected chi connectivity index (χ4v) is 5.86. The van der Waals surface area contributed by atoms with Gasteiger partial charge in [-0.25, -0.2) is 9.59 Å². The summed E-state index contributed by atoms with van der Waals surface area (Å²) in [5.74, 6) is -3.66. The molecule has 5 rings (SSSR count). The third-order valence-electron chi connectivity index (χ3n) is 8.18. The minimum absolute atomic E-state index is 0.0118. The second kappa shape index (κ2) is 19.0. The van der Waals surface area contributed by atoms with Gasteiger partial charge < -0.3 is 20.8 Å². The molecule has 1 aliphatic rings. The lowest BCUT2D eigenvalue weighted by Gasteiger charge is -2.28. The Morgan fingerprint density at radius 3 is 1.84 bits per heavy atom. The Morgan fingerprint density at radius 1 is 0.694 bits per heavy atom. The van der Waals surface area contributed by atoms with Crippen molar-refractivity contribution in [1.29, 1.82) is 0 Å². The van der Waals surface area contributed by atoms with Gasteiger partial charge in [0.25, 0.3) is 0 Å². The zero-order valence-corrected chi connectivity index (χ0v) is 30.8. The molecule has 4 aromatic carbocycles. The van der Waals surface area contributed by atoms with Crippen LogP contribution in [-0.4, -0.2) is 41.1 Å². The molecular formula is C38H40Cl4N2O5. The summed E-state index contributed by atoms with van der Waals surface area (Å²) in [4.78, 5) is 30.1. The van der Waals surface area contributed by atoms with Crippen molar-refractivity contribution in [3.63, 3.8) is 0 Å². The summed E-state index contributed by atoms with van der Waals surface area (Å²) in [5.41, 5.74) is 11.5. The Hall–Kier alpha value is -3.59. The van der Waals surface area contributed by atoms with Gasteiger partial charge in [-0.1, -0.05) is 88.9 Å². The molecular weight excluding hydrogens is 706 g/mol. The second-order valence-corrected chi connectivity index (χ2v) is 13.5. The summed E-state index contributed by atoms with van der Waals surface area (Å²) >= 11 is 23.9. The van der Waals surface area contributed by atoms with Crippen molar-refractivity contribution >= 4 is 64.2 Å². The normalized spacial score (nSPS) is 13.2. The number of rotatable bonds is 7. The van der Waals surface area contributed by atoms with E-state index in [1.807, 2.05) is 18.2 Å². The minimum Gasteiger partial charge on any atom is -0.473 e. The van der Waals surface area contributed by atoms with Crippen LogP contribution in [0.25, 0.3) is 0 Å². The van der Waals surface area contributed by atoms with Crippen LogP contribution < -0.4 is 10.6 Å². The maximum Gasteiger partial charge on any atom is 0.414 e. The molecule has 4 aromatic rings. The van der Waals surface area contributed by atoms with Gasteiger partial charge in [-0.3, -0.25) is 4.79 Å². The zero-order chi connectivity index (χ0) is 36.2. The number of nitrogens with one attached hydrogen (secondary N) is 2. The Morgan fingerprint density at radius 2 is 1.24 bits per heavy atom. The largest absolute Gasteiger partial charge is 0.473 e. The van der Waals surface area contributed by atoms with Crippen LogP contribution in [0, 0.1) is 27.7 Å². The summed E-state index contributed by atoms with van der Waals surface area (Å²) in [6.07, 6.45) is 3.18. The highest BCUT2D eigenvalue weighted by Crippen LogP contribution is 2.30. The molecule has 0 saturated carbocycles. The van der Waals surface area contributed by atoms with Crippen LogP contribution in [0.4, 0.5) is 0 Å². The van der Waals surface area contributed by atoms with Gasteiger partial charge in [-0.2, -0.15) is 0 Å². The number of carbonyl (C=O) groups excluding carboxylic acids is 1. The standard InChI is InChI=1S/C18H19Cl2NO.C18H19Cl2N.C2H2O4/c1-12-3-4-14(9-13(12)2)7-8-21-18(22)11-15-5-6-16(19)17(20)10-15;1-11-7-14-5-6-21-18(15(14)8-12(11)2)10-13-3-4-16(19)17(20)9-13;3-1(4)2(5)6/h3-6,9-10H,7-8,11H2,1-2H3,(H,21,22);3-4,7-9,18,21H,5-6,10H2,1-2H3;(H,3,4)(H,5,6). The lowest BCUT2D eigenvalue weighted by molar-refractivity contribution is -0.159. The topological polar surface area (TPSA) is 116 Å². The summed E-state index contributed by atoms with van der Waals surface area (Å²) in [7, 11) is 0. The first-order valence-electron chi connectivity index (χ1n) is 15.6. The molecule has 0 aliphatic carbocycles. The Bertz CT molecular complexity index is 1800. The summed E-state index contributed by atoms with van der Waals surface area (Å²) in [5, 5.41) is 23.6. The van der Waals surface area contributed by atoms with Gasteiger partial charge in [-0.05, 0) is 128 Å². The molecule has 0 saturated heterocycles. The molecule has 0 aromatic heterocycles. The lowest BCUT2D eigenvalue weighted by atomic mass is 9.87.